The van der Waals surface area contributed by atoms with Crippen molar-refractivity contribution >= 4 is 17.7 Å². The first-order valence-corrected chi connectivity index (χ1v) is 9.63. The molecule has 1 amide bonds. The van der Waals surface area contributed by atoms with E-state index in [4.69, 9.17) is 0 Å². The van der Waals surface area contributed by atoms with Gasteiger partial charge in [0, 0.05) is 43.8 Å². The van der Waals surface area contributed by atoms with Crippen LogP contribution in [-0.2, 0) is 11.3 Å². The maximum Gasteiger partial charge on any atom is 0.223 e. The van der Waals surface area contributed by atoms with E-state index in [1.807, 2.05) is 0 Å². The van der Waals surface area contributed by atoms with Crippen molar-refractivity contribution in [2.75, 3.05) is 38.2 Å². The van der Waals surface area contributed by atoms with Gasteiger partial charge in [-0.25, -0.2) is 0 Å². The Bertz CT molecular complexity index is 507. The number of rotatable bonds is 5. The lowest BCUT2D eigenvalue weighted by Gasteiger charge is -2.25. The highest BCUT2D eigenvalue weighted by Gasteiger charge is 2.44. The van der Waals surface area contributed by atoms with Crippen LogP contribution in [0.1, 0.15) is 24.8 Å². The number of hydrogen-bond acceptors (Lipinski definition) is 3. The molecule has 1 aromatic rings. The molecule has 0 saturated carbocycles. The van der Waals surface area contributed by atoms with Crippen LogP contribution in [0, 0.1) is 5.41 Å². The Labute approximate surface area is 138 Å². The zero-order valence-corrected chi connectivity index (χ0v) is 14.3. The molecule has 0 aliphatic carbocycles. The molecule has 2 fully saturated rings. The lowest BCUT2D eigenvalue weighted by Crippen LogP contribution is -2.34. The summed E-state index contributed by atoms with van der Waals surface area (Å²) in [7, 11) is 0. The first-order chi connectivity index (χ1) is 10.7. The quantitative estimate of drug-likeness (QED) is 0.834. The number of carbonyl (C=O) groups is 1. The second kappa shape index (κ2) is 7.05. The second-order valence-corrected chi connectivity index (χ2v) is 7.74. The molecule has 120 valence electrons. The molecule has 3 nitrogen and oxygen atoms in total. The molecule has 4 heteroatoms. The van der Waals surface area contributed by atoms with E-state index in [9.17, 15) is 4.79 Å². The third-order valence-electron chi connectivity index (χ3n) is 5.08. The maximum atomic E-state index is 12.2. The fraction of sp³-hybridized carbons (Fsp3) is 0.611. The van der Waals surface area contributed by atoms with Crippen LogP contribution < -0.4 is 0 Å². The highest BCUT2D eigenvalue weighted by molar-refractivity contribution is 7.98. The van der Waals surface area contributed by atoms with E-state index in [2.05, 4.69) is 46.4 Å². The molecule has 0 radical (unpaired) electrons. The van der Waals surface area contributed by atoms with E-state index in [1.165, 1.54) is 24.9 Å². The molecule has 2 saturated heterocycles. The van der Waals surface area contributed by atoms with Crippen LogP contribution in [0.15, 0.2) is 30.3 Å². The zero-order chi connectivity index (χ0) is 15.4. The van der Waals surface area contributed by atoms with Crippen molar-refractivity contribution in [3.63, 3.8) is 0 Å². The number of thioether (sulfide) groups is 1. The summed E-state index contributed by atoms with van der Waals surface area (Å²) in [4.78, 5) is 16.9. The predicted octanol–water partition coefficient (Wildman–Crippen LogP) is 2.86. The Morgan fingerprint density at radius 3 is 2.73 bits per heavy atom. The van der Waals surface area contributed by atoms with Crippen molar-refractivity contribution < 1.29 is 4.79 Å². The first kappa shape index (κ1) is 15.9. The van der Waals surface area contributed by atoms with Crippen LogP contribution in [0.25, 0.3) is 0 Å². The number of likely N-dealkylation sites (tertiary alicyclic amines) is 2. The van der Waals surface area contributed by atoms with Crippen LogP contribution in [0.3, 0.4) is 0 Å². The summed E-state index contributed by atoms with van der Waals surface area (Å²) in [6, 6.07) is 10.7. The SMILES string of the molecule is CSCCC(=O)N1CCC2(CCN(Cc3ccccc3)C2)C1. The van der Waals surface area contributed by atoms with Gasteiger partial charge < -0.3 is 4.90 Å². The number of nitrogens with zero attached hydrogens (tertiary/aromatic N) is 2. The van der Waals surface area contributed by atoms with Crippen LogP contribution in [-0.4, -0.2) is 53.9 Å². The number of amides is 1. The molecule has 2 aliphatic rings. The maximum absolute atomic E-state index is 12.2. The van der Waals surface area contributed by atoms with Crippen molar-refractivity contribution in [2.24, 2.45) is 5.41 Å². The van der Waals surface area contributed by atoms with Gasteiger partial charge in [-0.3, -0.25) is 9.69 Å². The normalized spacial score (nSPS) is 25.2. The molecule has 0 aromatic heterocycles. The van der Waals surface area contributed by atoms with Crippen molar-refractivity contribution in [3.8, 4) is 0 Å². The monoisotopic (exact) mass is 318 g/mol. The Balaban J connectivity index is 1.53. The molecule has 2 heterocycles. The predicted molar refractivity (Wildman–Crippen MR) is 93.0 cm³/mol. The van der Waals surface area contributed by atoms with Gasteiger partial charge in [-0.2, -0.15) is 11.8 Å². The minimum atomic E-state index is 0.354. The average molecular weight is 318 g/mol. The molecule has 3 rings (SSSR count). The third-order valence-corrected chi connectivity index (χ3v) is 5.69. The lowest BCUT2D eigenvalue weighted by molar-refractivity contribution is -0.130. The van der Waals surface area contributed by atoms with Gasteiger partial charge in [-0.05, 0) is 31.2 Å². The Morgan fingerprint density at radius 2 is 1.95 bits per heavy atom. The molecular formula is C18H26N2OS. The largest absolute Gasteiger partial charge is 0.342 e. The Morgan fingerprint density at radius 1 is 1.18 bits per heavy atom. The summed E-state index contributed by atoms with van der Waals surface area (Å²) in [6.45, 7) is 5.30. The van der Waals surface area contributed by atoms with E-state index >= 15 is 0 Å². The molecule has 0 N–H and O–H groups in total. The van der Waals surface area contributed by atoms with Crippen molar-refractivity contribution in [2.45, 2.75) is 25.8 Å². The van der Waals surface area contributed by atoms with Gasteiger partial charge >= 0.3 is 0 Å². The Hall–Kier alpha value is -1.00. The summed E-state index contributed by atoms with van der Waals surface area (Å²) in [5.41, 5.74) is 1.76. The van der Waals surface area contributed by atoms with Gasteiger partial charge in [0.1, 0.15) is 0 Å². The topological polar surface area (TPSA) is 23.6 Å². The van der Waals surface area contributed by atoms with Crippen LogP contribution in [0.4, 0.5) is 0 Å². The standard InChI is InChI=1S/C18H26N2OS/c1-22-12-7-17(21)20-11-9-18(15-20)8-10-19(14-18)13-16-5-3-2-4-6-16/h2-6H,7-15H2,1H3. The number of hydrogen-bond donors (Lipinski definition) is 0. The van der Waals surface area contributed by atoms with Crippen molar-refractivity contribution in [1.29, 1.82) is 0 Å². The summed E-state index contributed by atoms with van der Waals surface area (Å²) >= 11 is 1.76. The molecule has 1 atom stereocenters. The fourth-order valence-corrected chi connectivity index (χ4v) is 4.21. The molecule has 1 unspecified atom stereocenters. The third kappa shape index (κ3) is 3.66. The van der Waals surface area contributed by atoms with E-state index in [1.54, 1.807) is 11.8 Å². The van der Waals surface area contributed by atoms with E-state index in [0.29, 0.717) is 17.7 Å². The summed E-state index contributed by atoms with van der Waals surface area (Å²) < 4.78 is 0. The Kier molecular flexibility index (Phi) is 5.09. The van der Waals surface area contributed by atoms with E-state index in [-0.39, 0.29) is 0 Å². The van der Waals surface area contributed by atoms with E-state index < -0.39 is 0 Å². The first-order valence-electron chi connectivity index (χ1n) is 8.24. The van der Waals surface area contributed by atoms with Gasteiger partial charge in [-0.15, -0.1) is 0 Å². The van der Waals surface area contributed by atoms with Crippen LogP contribution in [0.2, 0.25) is 0 Å². The smallest absolute Gasteiger partial charge is 0.223 e. The molecule has 1 aromatic carbocycles. The van der Waals surface area contributed by atoms with Gasteiger partial charge in [0.25, 0.3) is 0 Å². The zero-order valence-electron chi connectivity index (χ0n) is 13.5. The van der Waals surface area contributed by atoms with Crippen molar-refractivity contribution in [1.82, 2.24) is 9.80 Å². The fourth-order valence-electron chi connectivity index (χ4n) is 3.83. The average Bonchev–Trinajstić information content (AvgIpc) is 3.13. The van der Waals surface area contributed by atoms with Crippen LogP contribution >= 0.6 is 11.8 Å². The van der Waals surface area contributed by atoms with E-state index in [0.717, 1.165) is 31.9 Å². The minimum Gasteiger partial charge on any atom is -0.342 e. The second-order valence-electron chi connectivity index (χ2n) is 6.75. The number of benzene rings is 1. The highest BCUT2D eigenvalue weighted by atomic mass is 32.2. The van der Waals surface area contributed by atoms with Crippen molar-refractivity contribution in [3.05, 3.63) is 35.9 Å². The summed E-state index contributed by atoms with van der Waals surface area (Å²) in [5.74, 6) is 1.30. The molecule has 1 spiro atoms. The summed E-state index contributed by atoms with van der Waals surface area (Å²) in [5, 5.41) is 0. The van der Waals surface area contributed by atoms with Crippen LogP contribution in [0.5, 0.6) is 0 Å². The molecule has 22 heavy (non-hydrogen) atoms. The van der Waals surface area contributed by atoms with Gasteiger partial charge in [0.15, 0.2) is 0 Å². The number of carbonyl (C=O) groups excluding carboxylic acids is 1. The minimum absolute atomic E-state index is 0.354. The van der Waals surface area contributed by atoms with Gasteiger partial charge in [0.05, 0.1) is 0 Å². The highest BCUT2D eigenvalue weighted by Crippen LogP contribution is 2.40. The van der Waals surface area contributed by atoms with Gasteiger partial charge in [-0.1, -0.05) is 30.3 Å². The summed E-state index contributed by atoms with van der Waals surface area (Å²) in [6.07, 6.45) is 5.19. The molecular weight excluding hydrogens is 292 g/mol. The molecule has 0 bridgehead atoms. The lowest BCUT2D eigenvalue weighted by atomic mass is 9.86. The van der Waals surface area contributed by atoms with Gasteiger partial charge in [0.2, 0.25) is 5.91 Å². The molecule has 2 aliphatic heterocycles.